The molecule has 2 bridgehead atoms. The molecule has 0 radical (unpaired) electrons. The van der Waals surface area contributed by atoms with E-state index in [9.17, 15) is 8.78 Å². The van der Waals surface area contributed by atoms with Crippen molar-refractivity contribution in [3.05, 3.63) is 29.8 Å². The largest absolute Gasteiger partial charge is 0.492 e. The summed E-state index contributed by atoms with van der Waals surface area (Å²) in [6, 6.07) is 3.79. The number of aliphatic imine (C=N–C) groups is 1. The second kappa shape index (κ2) is 7.79. The molecular formula is C17H23F2N3O2. The first-order valence-corrected chi connectivity index (χ1v) is 8.44. The molecule has 0 spiro atoms. The summed E-state index contributed by atoms with van der Waals surface area (Å²) in [6.07, 6.45) is 3.92. The fourth-order valence-electron chi connectivity index (χ4n) is 3.17. The van der Waals surface area contributed by atoms with Crippen molar-refractivity contribution in [2.45, 2.75) is 44.4 Å². The minimum absolute atomic E-state index is 0.275. The van der Waals surface area contributed by atoms with Crippen molar-refractivity contribution in [1.29, 1.82) is 0 Å². The van der Waals surface area contributed by atoms with Crippen molar-refractivity contribution in [1.82, 2.24) is 10.6 Å². The number of fused-ring (bicyclic) bond motifs is 2. The van der Waals surface area contributed by atoms with Gasteiger partial charge in [0.1, 0.15) is 12.4 Å². The van der Waals surface area contributed by atoms with Crippen LogP contribution in [0.15, 0.2) is 23.2 Å². The summed E-state index contributed by atoms with van der Waals surface area (Å²) in [5.74, 6) is -0.773. The van der Waals surface area contributed by atoms with Crippen LogP contribution in [-0.4, -0.2) is 43.9 Å². The molecule has 2 aliphatic heterocycles. The summed E-state index contributed by atoms with van der Waals surface area (Å²) < 4.78 is 37.2. The monoisotopic (exact) mass is 339 g/mol. The lowest BCUT2D eigenvalue weighted by atomic mass is 9.96. The van der Waals surface area contributed by atoms with E-state index in [1.165, 1.54) is 6.07 Å². The highest BCUT2D eigenvalue weighted by Gasteiger charge is 2.41. The van der Waals surface area contributed by atoms with Crippen LogP contribution in [0.2, 0.25) is 0 Å². The van der Waals surface area contributed by atoms with Crippen molar-refractivity contribution >= 4 is 5.96 Å². The lowest BCUT2D eigenvalue weighted by Gasteiger charge is -2.22. The summed E-state index contributed by atoms with van der Waals surface area (Å²) >= 11 is 0. The Morgan fingerprint density at radius 2 is 2.21 bits per heavy atom. The molecule has 0 aromatic heterocycles. The fraction of sp³-hybridized carbons (Fsp3) is 0.588. The predicted molar refractivity (Wildman–Crippen MR) is 87.3 cm³/mol. The Bertz CT molecular complexity index is 597. The van der Waals surface area contributed by atoms with Crippen LogP contribution in [0.25, 0.3) is 0 Å². The average Bonchev–Trinajstić information content (AvgIpc) is 3.18. The number of nitrogens with one attached hydrogen (secondary N) is 2. The summed E-state index contributed by atoms with van der Waals surface area (Å²) in [5.41, 5.74) is 0. The molecule has 24 heavy (non-hydrogen) atoms. The maximum atomic E-state index is 13.1. The number of guanidine groups is 1. The first-order chi connectivity index (χ1) is 11.7. The van der Waals surface area contributed by atoms with Crippen molar-refractivity contribution in [3.63, 3.8) is 0 Å². The van der Waals surface area contributed by atoms with Crippen LogP contribution in [0.3, 0.4) is 0 Å². The Labute approximate surface area is 140 Å². The van der Waals surface area contributed by atoms with Crippen LogP contribution in [0.4, 0.5) is 8.78 Å². The van der Waals surface area contributed by atoms with Gasteiger partial charge in [-0.25, -0.2) is 13.8 Å². The minimum atomic E-state index is -0.915. The second-order valence-electron chi connectivity index (χ2n) is 6.05. The van der Waals surface area contributed by atoms with Crippen LogP contribution in [0, 0.1) is 11.6 Å². The lowest BCUT2D eigenvalue weighted by molar-refractivity contribution is 0.0992. The highest BCUT2D eigenvalue weighted by atomic mass is 19.2. The predicted octanol–water partition coefficient (Wildman–Crippen LogP) is 2.22. The molecule has 2 saturated heterocycles. The van der Waals surface area contributed by atoms with E-state index in [-0.39, 0.29) is 12.7 Å². The molecule has 1 aromatic carbocycles. The summed E-state index contributed by atoms with van der Waals surface area (Å²) in [7, 11) is 0. The van der Waals surface area contributed by atoms with Gasteiger partial charge in [-0.3, -0.25) is 0 Å². The maximum Gasteiger partial charge on any atom is 0.191 e. The molecule has 2 N–H and O–H groups in total. The highest BCUT2D eigenvalue weighted by molar-refractivity contribution is 5.80. The number of benzene rings is 1. The Morgan fingerprint density at radius 3 is 2.88 bits per heavy atom. The third-order valence-electron chi connectivity index (χ3n) is 4.29. The third kappa shape index (κ3) is 4.14. The van der Waals surface area contributed by atoms with Gasteiger partial charge in [-0.05, 0) is 38.3 Å². The summed E-state index contributed by atoms with van der Waals surface area (Å²) in [5, 5.41) is 6.61. The van der Waals surface area contributed by atoms with Gasteiger partial charge in [-0.1, -0.05) is 0 Å². The Balaban J connectivity index is 1.47. The lowest BCUT2D eigenvalue weighted by Crippen LogP contribution is -2.47. The van der Waals surface area contributed by atoms with E-state index in [2.05, 4.69) is 15.6 Å². The van der Waals surface area contributed by atoms with Gasteiger partial charge in [0.25, 0.3) is 0 Å². The maximum absolute atomic E-state index is 13.1. The van der Waals surface area contributed by atoms with Crippen LogP contribution in [0.5, 0.6) is 5.75 Å². The van der Waals surface area contributed by atoms with Gasteiger partial charge in [0, 0.05) is 12.6 Å². The molecule has 0 aliphatic carbocycles. The number of halogens is 2. The summed E-state index contributed by atoms with van der Waals surface area (Å²) in [6.45, 7) is 3.47. The zero-order valence-electron chi connectivity index (χ0n) is 13.7. The second-order valence-corrected chi connectivity index (χ2v) is 6.05. The van der Waals surface area contributed by atoms with Gasteiger partial charge in [0.05, 0.1) is 24.8 Å². The van der Waals surface area contributed by atoms with Gasteiger partial charge >= 0.3 is 0 Å². The van der Waals surface area contributed by atoms with Crippen molar-refractivity contribution in [3.8, 4) is 5.75 Å². The third-order valence-corrected chi connectivity index (χ3v) is 4.29. The quantitative estimate of drug-likeness (QED) is 0.474. The number of ether oxygens (including phenoxy) is 2. The van der Waals surface area contributed by atoms with Crippen molar-refractivity contribution < 1.29 is 18.3 Å². The average molecular weight is 339 g/mol. The molecule has 3 unspecified atom stereocenters. The molecule has 1 aromatic rings. The molecule has 2 fully saturated rings. The van der Waals surface area contributed by atoms with E-state index in [1.54, 1.807) is 0 Å². The highest BCUT2D eigenvalue weighted by Crippen LogP contribution is 2.34. The molecule has 132 valence electrons. The standard InChI is InChI=1S/C17H23F2N3O2/c1-2-20-17(22-15-10-12-4-6-16(15)24-12)21-7-8-23-11-3-5-13(18)14(19)9-11/h3,5,9,12,15-16H,2,4,6-8,10H2,1H3,(H2,20,21,22). The van der Waals surface area contributed by atoms with E-state index in [0.717, 1.165) is 43.9 Å². The van der Waals surface area contributed by atoms with Crippen LogP contribution < -0.4 is 15.4 Å². The molecule has 0 amide bonds. The van der Waals surface area contributed by atoms with Crippen molar-refractivity contribution in [2.24, 2.45) is 4.99 Å². The minimum Gasteiger partial charge on any atom is -0.492 e. The van der Waals surface area contributed by atoms with E-state index in [1.807, 2.05) is 6.92 Å². The Morgan fingerprint density at radius 1 is 1.33 bits per heavy atom. The number of rotatable bonds is 6. The zero-order chi connectivity index (χ0) is 16.9. The van der Waals surface area contributed by atoms with Crippen molar-refractivity contribution in [2.75, 3.05) is 19.7 Å². The van der Waals surface area contributed by atoms with Gasteiger partial charge < -0.3 is 20.1 Å². The van der Waals surface area contributed by atoms with Gasteiger partial charge in [-0.2, -0.15) is 0 Å². The molecule has 2 heterocycles. The number of hydrogen-bond acceptors (Lipinski definition) is 3. The van der Waals surface area contributed by atoms with Gasteiger partial charge in [-0.15, -0.1) is 0 Å². The number of nitrogens with zero attached hydrogens (tertiary/aromatic N) is 1. The van der Waals surface area contributed by atoms with E-state index in [0.29, 0.717) is 24.4 Å². The fourth-order valence-corrected chi connectivity index (χ4v) is 3.17. The van der Waals surface area contributed by atoms with E-state index >= 15 is 0 Å². The molecular weight excluding hydrogens is 316 g/mol. The topological polar surface area (TPSA) is 54.9 Å². The van der Waals surface area contributed by atoms with Crippen LogP contribution >= 0.6 is 0 Å². The molecule has 0 saturated carbocycles. The van der Waals surface area contributed by atoms with Crippen LogP contribution in [0.1, 0.15) is 26.2 Å². The van der Waals surface area contributed by atoms with E-state index < -0.39 is 11.6 Å². The van der Waals surface area contributed by atoms with E-state index in [4.69, 9.17) is 9.47 Å². The first kappa shape index (κ1) is 17.0. The normalized spacial score (nSPS) is 25.8. The Hall–Kier alpha value is -1.89. The molecule has 3 rings (SSSR count). The molecule has 3 atom stereocenters. The van der Waals surface area contributed by atoms with Crippen LogP contribution in [-0.2, 0) is 4.74 Å². The summed E-state index contributed by atoms with van der Waals surface area (Å²) in [4.78, 5) is 4.46. The molecule has 7 heteroatoms. The number of hydrogen-bond donors (Lipinski definition) is 2. The smallest absolute Gasteiger partial charge is 0.191 e. The Kier molecular flexibility index (Phi) is 5.50. The first-order valence-electron chi connectivity index (χ1n) is 8.44. The van der Waals surface area contributed by atoms with Gasteiger partial charge in [0.15, 0.2) is 17.6 Å². The zero-order valence-corrected chi connectivity index (χ0v) is 13.7. The molecule has 5 nitrogen and oxygen atoms in total. The van der Waals surface area contributed by atoms with Gasteiger partial charge in [0.2, 0.25) is 0 Å². The molecule has 2 aliphatic rings. The SMILES string of the molecule is CCNC(=NCCOc1ccc(F)c(F)c1)NC1CC2CCC1O2.